The van der Waals surface area contributed by atoms with Crippen molar-refractivity contribution in [2.24, 2.45) is 0 Å². The van der Waals surface area contributed by atoms with E-state index in [0.717, 1.165) is 29.4 Å². The molecule has 10 nitrogen and oxygen atoms in total. The number of H-pyrrole nitrogens is 1. The topological polar surface area (TPSA) is 135 Å². The molecule has 5 heterocycles. The van der Waals surface area contributed by atoms with E-state index in [1.807, 2.05) is 16.9 Å². The van der Waals surface area contributed by atoms with E-state index in [2.05, 4.69) is 32.1 Å². The zero-order valence-electron chi connectivity index (χ0n) is 18.3. The van der Waals surface area contributed by atoms with Crippen LogP contribution in [-0.2, 0) is 15.6 Å². The lowest BCUT2D eigenvalue weighted by Gasteiger charge is -2.53. The van der Waals surface area contributed by atoms with E-state index in [1.165, 1.54) is 10.6 Å². The van der Waals surface area contributed by atoms with Crippen molar-refractivity contribution in [3.05, 3.63) is 36.4 Å². The highest BCUT2D eigenvalue weighted by Gasteiger charge is 2.48. The van der Waals surface area contributed by atoms with Crippen molar-refractivity contribution in [2.45, 2.75) is 30.8 Å². The summed E-state index contributed by atoms with van der Waals surface area (Å²) in [4.78, 5) is 9.70. The van der Waals surface area contributed by atoms with Crippen LogP contribution in [0.3, 0.4) is 0 Å². The van der Waals surface area contributed by atoms with Crippen molar-refractivity contribution >= 4 is 21.1 Å². The predicted octanol–water partition coefficient (Wildman–Crippen LogP) is 1.65. The molecule has 11 heteroatoms. The number of hydrogen-bond donors (Lipinski definition) is 1. The third-order valence-electron chi connectivity index (χ3n) is 6.88. The fourth-order valence-corrected chi connectivity index (χ4v) is 5.98. The van der Waals surface area contributed by atoms with Crippen LogP contribution in [0, 0.1) is 22.7 Å². The van der Waals surface area contributed by atoms with E-state index in [0.29, 0.717) is 49.9 Å². The maximum Gasteiger partial charge on any atom is 0.211 e. The summed E-state index contributed by atoms with van der Waals surface area (Å²) < 4.78 is 27.0. The zero-order valence-corrected chi connectivity index (χ0v) is 19.1. The van der Waals surface area contributed by atoms with E-state index in [-0.39, 0.29) is 0 Å². The Kier molecular flexibility index (Phi) is 5.20. The minimum Gasteiger partial charge on any atom is -0.346 e. The molecule has 0 aliphatic carbocycles. The predicted molar refractivity (Wildman–Crippen MR) is 121 cm³/mol. The van der Waals surface area contributed by atoms with Crippen LogP contribution >= 0.6 is 0 Å². The molecule has 2 fully saturated rings. The van der Waals surface area contributed by atoms with Crippen molar-refractivity contribution in [2.75, 3.05) is 32.4 Å². The Labute approximate surface area is 192 Å². The first kappa shape index (κ1) is 21.6. The lowest BCUT2D eigenvalue weighted by molar-refractivity contribution is -0.0382. The van der Waals surface area contributed by atoms with Crippen LogP contribution in [0.2, 0.25) is 0 Å². The molecular weight excluding hydrogens is 440 g/mol. The first-order valence-electron chi connectivity index (χ1n) is 10.8. The van der Waals surface area contributed by atoms with Gasteiger partial charge in [0, 0.05) is 67.3 Å². The van der Waals surface area contributed by atoms with Crippen LogP contribution in [0.4, 0.5) is 0 Å². The summed E-state index contributed by atoms with van der Waals surface area (Å²) in [5, 5.41) is 24.6. The van der Waals surface area contributed by atoms with Gasteiger partial charge in [-0.05, 0) is 18.9 Å². The molecule has 2 aliphatic rings. The summed E-state index contributed by atoms with van der Waals surface area (Å²) in [6.07, 6.45) is 10.2. The van der Waals surface area contributed by atoms with Crippen molar-refractivity contribution in [1.29, 1.82) is 10.5 Å². The lowest BCUT2D eigenvalue weighted by Crippen LogP contribution is -2.66. The van der Waals surface area contributed by atoms with Gasteiger partial charge in [-0.2, -0.15) is 15.6 Å². The highest BCUT2D eigenvalue weighted by Crippen LogP contribution is 2.38. The van der Waals surface area contributed by atoms with Crippen LogP contribution < -0.4 is 0 Å². The molecule has 0 radical (unpaired) electrons. The maximum absolute atomic E-state index is 11.8. The number of rotatable bonds is 5. The van der Waals surface area contributed by atoms with Crippen LogP contribution in [0.1, 0.15) is 24.8 Å². The smallest absolute Gasteiger partial charge is 0.211 e. The third-order valence-corrected chi connectivity index (χ3v) is 8.18. The Morgan fingerprint density at radius 3 is 2.67 bits per heavy atom. The first-order valence-corrected chi connectivity index (χ1v) is 12.7. The number of aromatic amines is 1. The second kappa shape index (κ2) is 7.96. The van der Waals surface area contributed by atoms with Gasteiger partial charge in [0.2, 0.25) is 10.0 Å². The maximum atomic E-state index is 11.8. The Morgan fingerprint density at radius 1 is 1.24 bits per heavy atom. The molecule has 33 heavy (non-hydrogen) atoms. The van der Waals surface area contributed by atoms with Gasteiger partial charge in [0.1, 0.15) is 17.3 Å². The first-order chi connectivity index (χ1) is 15.8. The summed E-state index contributed by atoms with van der Waals surface area (Å²) in [6.45, 7) is 2.43. The number of aromatic nitrogens is 4. The number of hydrogen-bond acceptors (Lipinski definition) is 7. The molecule has 3 aromatic rings. The normalized spacial score (nSPS) is 19.7. The SMILES string of the molecule is CS(=O)(=O)N1CCC(N2CC(CC#N)(n3cc(-c4c(C#N)cnc5[nH]ccc45)cn3)C2)CC1. The monoisotopic (exact) mass is 464 g/mol. The number of likely N-dealkylation sites (tertiary alicyclic amines) is 1. The van der Waals surface area contributed by atoms with E-state index < -0.39 is 15.6 Å². The number of sulfonamides is 1. The van der Waals surface area contributed by atoms with Crippen molar-refractivity contribution < 1.29 is 8.42 Å². The van der Waals surface area contributed by atoms with Gasteiger partial charge in [0.05, 0.1) is 30.5 Å². The van der Waals surface area contributed by atoms with E-state index >= 15 is 0 Å². The Balaban J connectivity index is 1.38. The molecule has 0 aromatic carbocycles. The van der Waals surface area contributed by atoms with Crippen LogP contribution in [0.15, 0.2) is 30.9 Å². The largest absolute Gasteiger partial charge is 0.346 e. The van der Waals surface area contributed by atoms with Crippen LogP contribution in [0.25, 0.3) is 22.2 Å². The highest BCUT2D eigenvalue weighted by molar-refractivity contribution is 7.88. The fourth-order valence-electron chi connectivity index (χ4n) is 5.11. The Morgan fingerprint density at radius 2 is 2.00 bits per heavy atom. The number of fused-ring (bicyclic) bond motifs is 1. The molecule has 5 rings (SSSR count). The molecule has 0 bridgehead atoms. The van der Waals surface area contributed by atoms with E-state index in [9.17, 15) is 18.9 Å². The van der Waals surface area contributed by atoms with Gasteiger partial charge >= 0.3 is 0 Å². The number of nitrogens with one attached hydrogen (secondary N) is 1. The van der Waals surface area contributed by atoms with Crippen molar-refractivity contribution in [3.8, 4) is 23.3 Å². The highest BCUT2D eigenvalue weighted by atomic mass is 32.2. The summed E-state index contributed by atoms with van der Waals surface area (Å²) in [7, 11) is -3.15. The average molecular weight is 465 g/mol. The summed E-state index contributed by atoms with van der Waals surface area (Å²) in [6, 6.07) is 6.73. The zero-order chi connectivity index (χ0) is 23.2. The number of piperidine rings is 1. The molecule has 170 valence electrons. The van der Waals surface area contributed by atoms with E-state index in [1.54, 1.807) is 18.6 Å². The van der Waals surface area contributed by atoms with Gasteiger partial charge in [-0.3, -0.25) is 9.58 Å². The minimum atomic E-state index is -3.15. The van der Waals surface area contributed by atoms with E-state index in [4.69, 9.17) is 0 Å². The second-order valence-electron chi connectivity index (χ2n) is 8.93. The van der Waals surface area contributed by atoms with Crippen LogP contribution in [0.5, 0.6) is 0 Å². The van der Waals surface area contributed by atoms with Gasteiger partial charge in [0.25, 0.3) is 0 Å². The van der Waals surface area contributed by atoms with Gasteiger partial charge in [-0.25, -0.2) is 17.7 Å². The number of nitriles is 2. The minimum absolute atomic E-state index is 0.301. The van der Waals surface area contributed by atoms with Gasteiger partial charge in [-0.15, -0.1) is 0 Å². The Bertz CT molecular complexity index is 1380. The standard InChI is InChI=1S/C22H24N8O2S/c1-33(31,32)29-8-3-18(4-9-29)28-14-22(15-28,5-6-23)30-13-17(12-27-30)20-16(10-24)11-26-21-19(20)2-7-25-21/h2,7,11-13,18H,3-5,8-9,14-15H2,1H3,(H,25,26). The molecule has 0 atom stereocenters. The van der Waals surface area contributed by atoms with Crippen molar-refractivity contribution in [3.63, 3.8) is 0 Å². The summed E-state index contributed by atoms with van der Waals surface area (Å²) >= 11 is 0. The van der Waals surface area contributed by atoms with Gasteiger partial charge in [0.15, 0.2) is 0 Å². The summed E-state index contributed by atoms with van der Waals surface area (Å²) in [5.41, 5.74) is 2.35. The van der Waals surface area contributed by atoms with Crippen LogP contribution in [-0.4, -0.2) is 75.8 Å². The average Bonchev–Trinajstić information content (AvgIpc) is 3.44. The number of pyridine rings is 1. The molecule has 3 aromatic heterocycles. The lowest BCUT2D eigenvalue weighted by atomic mass is 9.84. The molecule has 2 saturated heterocycles. The van der Waals surface area contributed by atoms with Crippen molar-refractivity contribution in [1.82, 2.24) is 29.0 Å². The molecule has 0 amide bonds. The van der Waals surface area contributed by atoms with Gasteiger partial charge < -0.3 is 4.98 Å². The quantitative estimate of drug-likeness (QED) is 0.606. The second-order valence-corrected chi connectivity index (χ2v) is 10.9. The molecular formula is C22H24N8O2S. The molecule has 1 N–H and O–H groups in total. The molecule has 0 spiro atoms. The third kappa shape index (κ3) is 3.68. The number of nitrogens with zero attached hydrogens (tertiary/aromatic N) is 7. The molecule has 0 unspecified atom stereocenters. The summed E-state index contributed by atoms with van der Waals surface area (Å²) in [5.74, 6) is 0. The molecule has 2 aliphatic heterocycles. The molecule has 0 saturated carbocycles. The fraction of sp³-hybridized carbons (Fsp3) is 0.455. The Hall–Kier alpha value is -3.25. The van der Waals surface area contributed by atoms with Gasteiger partial charge in [-0.1, -0.05) is 0 Å².